The Morgan fingerprint density at radius 3 is 2.88 bits per heavy atom. The highest BCUT2D eigenvalue weighted by Crippen LogP contribution is 2.14. The first-order valence-corrected chi connectivity index (χ1v) is 5.99. The number of amides is 1. The molecule has 94 valence electrons. The van der Waals surface area contributed by atoms with Crippen LogP contribution in [0.25, 0.3) is 0 Å². The lowest BCUT2D eigenvalue weighted by molar-refractivity contribution is -0.134. The van der Waals surface area contributed by atoms with Gasteiger partial charge < -0.3 is 10.0 Å². The van der Waals surface area contributed by atoms with Crippen molar-refractivity contribution in [3.8, 4) is 0 Å². The molecule has 0 unspecified atom stereocenters. The summed E-state index contributed by atoms with van der Waals surface area (Å²) in [5.74, 6) is -1.10. The summed E-state index contributed by atoms with van der Waals surface area (Å²) in [5, 5.41) is 16.4. The van der Waals surface area contributed by atoms with E-state index < -0.39 is 5.97 Å². The van der Waals surface area contributed by atoms with Gasteiger partial charge >= 0.3 is 5.97 Å². The smallest absolute Gasteiger partial charge is 0.313 e. The van der Waals surface area contributed by atoms with Gasteiger partial charge in [0.1, 0.15) is 12.9 Å². The van der Waals surface area contributed by atoms with Crippen LogP contribution in [0.15, 0.2) is 11.5 Å². The summed E-state index contributed by atoms with van der Waals surface area (Å²) >= 11 is 1.04. The summed E-state index contributed by atoms with van der Waals surface area (Å²) in [6, 6.07) is 0. The lowest BCUT2D eigenvalue weighted by Crippen LogP contribution is -2.29. The summed E-state index contributed by atoms with van der Waals surface area (Å²) in [4.78, 5) is 23.7. The van der Waals surface area contributed by atoms with Crippen molar-refractivity contribution in [1.29, 1.82) is 0 Å². The number of aromatic nitrogens is 3. The molecule has 1 amide bonds. The molecule has 7 nitrogen and oxygen atoms in total. The van der Waals surface area contributed by atoms with Gasteiger partial charge in [0.25, 0.3) is 0 Å². The molecule has 1 N–H and O–H groups in total. The molecule has 0 aliphatic heterocycles. The number of carbonyl (C=O) groups excluding carboxylic acids is 1. The van der Waals surface area contributed by atoms with E-state index in [4.69, 9.17) is 5.11 Å². The van der Waals surface area contributed by atoms with Crippen LogP contribution in [0.3, 0.4) is 0 Å². The number of thioether (sulfide) groups is 1. The highest BCUT2D eigenvalue weighted by molar-refractivity contribution is 7.99. The van der Waals surface area contributed by atoms with Crippen LogP contribution in [0, 0.1) is 0 Å². The molecule has 0 radical (unpaired) electrons. The van der Waals surface area contributed by atoms with Crippen molar-refractivity contribution in [3.63, 3.8) is 0 Å². The Hall–Kier alpha value is -1.57. The highest BCUT2D eigenvalue weighted by atomic mass is 32.2. The minimum Gasteiger partial charge on any atom is -0.481 e. The maximum absolute atomic E-state index is 11.7. The molecule has 8 heteroatoms. The Kier molecular flexibility index (Phi) is 4.95. The van der Waals surface area contributed by atoms with Gasteiger partial charge in [-0.15, -0.1) is 10.2 Å². The molecule has 1 aromatic rings. The van der Waals surface area contributed by atoms with Crippen LogP contribution in [0.5, 0.6) is 0 Å². The van der Waals surface area contributed by atoms with E-state index in [1.165, 1.54) is 6.33 Å². The van der Waals surface area contributed by atoms with Gasteiger partial charge in [0, 0.05) is 13.6 Å². The number of likely N-dealkylation sites (N-methyl/N-ethyl adjacent to an activating group) is 1. The molecule has 0 aromatic carbocycles. The second-order valence-electron chi connectivity index (χ2n) is 3.33. The lowest BCUT2D eigenvalue weighted by Gasteiger charge is -2.14. The fraction of sp³-hybridized carbons (Fsp3) is 0.556. The van der Waals surface area contributed by atoms with Gasteiger partial charge in [0.2, 0.25) is 5.91 Å². The van der Waals surface area contributed by atoms with E-state index >= 15 is 0 Å². The van der Waals surface area contributed by atoms with Crippen molar-refractivity contribution in [2.24, 2.45) is 0 Å². The first-order valence-electron chi connectivity index (χ1n) is 5.01. The van der Waals surface area contributed by atoms with Crippen LogP contribution in [0.2, 0.25) is 0 Å². The van der Waals surface area contributed by atoms with E-state index in [1.54, 1.807) is 16.5 Å². The number of nitrogens with zero attached hydrogens (tertiary/aromatic N) is 4. The number of aliphatic carboxylic acids is 1. The minimum atomic E-state index is -0.929. The molecular formula is C9H14N4O3S. The Morgan fingerprint density at radius 1 is 1.59 bits per heavy atom. The topological polar surface area (TPSA) is 88.3 Å². The van der Waals surface area contributed by atoms with Gasteiger partial charge in [-0.1, -0.05) is 11.8 Å². The zero-order valence-electron chi connectivity index (χ0n) is 9.66. The van der Waals surface area contributed by atoms with Gasteiger partial charge in [0.05, 0.1) is 5.75 Å². The minimum absolute atomic E-state index is 0.0653. The van der Waals surface area contributed by atoms with E-state index in [9.17, 15) is 9.59 Å². The van der Waals surface area contributed by atoms with Crippen LogP contribution < -0.4 is 0 Å². The lowest BCUT2D eigenvalue weighted by atomic mass is 10.5. The summed E-state index contributed by atoms with van der Waals surface area (Å²) in [6.07, 6.45) is 1.42. The van der Waals surface area contributed by atoms with Crippen LogP contribution in [-0.4, -0.2) is 56.0 Å². The van der Waals surface area contributed by atoms with E-state index in [0.717, 1.165) is 11.8 Å². The summed E-state index contributed by atoms with van der Waals surface area (Å²) < 4.78 is 1.54. The quantitative estimate of drug-likeness (QED) is 0.719. The number of carbonyl (C=O) groups is 2. The number of carboxylic acid groups (broad SMARTS) is 1. The summed E-state index contributed by atoms with van der Waals surface area (Å²) in [5.41, 5.74) is 0. The Labute approximate surface area is 103 Å². The molecule has 0 aliphatic rings. The van der Waals surface area contributed by atoms with Crippen LogP contribution in [-0.2, 0) is 16.1 Å². The van der Waals surface area contributed by atoms with E-state index in [-0.39, 0.29) is 18.2 Å². The predicted molar refractivity (Wildman–Crippen MR) is 61.7 cm³/mol. The molecule has 0 bridgehead atoms. The normalized spacial score (nSPS) is 10.2. The second-order valence-corrected chi connectivity index (χ2v) is 4.27. The van der Waals surface area contributed by atoms with Crippen LogP contribution in [0.1, 0.15) is 6.92 Å². The third-order valence-corrected chi connectivity index (χ3v) is 3.08. The van der Waals surface area contributed by atoms with Gasteiger partial charge in [0.15, 0.2) is 5.16 Å². The van der Waals surface area contributed by atoms with Crippen molar-refractivity contribution < 1.29 is 14.7 Å². The van der Waals surface area contributed by atoms with Crippen molar-refractivity contribution >= 4 is 23.6 Å². The molecule has 1 rings (SSSR count). The van der Waals surface area contributed by atoms with Gasteiger partial charge in [-0.05, 0) is 6.92 Å². The predicted octanol–water partition coefficient (Wildman–Crippen LogP) is -0.0669. The zero-order valence-corrected chi connectivity index (χ0v) is 10.5. The van der Waals surface area contributed by atoms with Crippen molar-refractivity contribution in [1.82, 2.24) is 19.7 Å². The summed E-state index contributed by atoms with van der Waals surface area (Å²) in [7, 11) is 1.71. The van der Waals surface area contributed by atoms with Crippen molar-refractivity contribution in [2.75, 3.05) is 19.3 Å². The van der Waals surface area contributed by atoms with E-state index in [1.807, 2.05) is 6.92 Å². The standard InChI is InChI=1S/C9H14N4O3S/c1-3-12(2)7(14)4-13-6-10-11-9(13)17-5-8(15)16/h6H,3-5H2,1-2H3,(H,15,16). The number of rotatable bonds is 6. The third-order valence-electron chi connectivity index (χ3n) is 2.11. The molecule has 0 aliphatic carbocycles. The van der Waals surface area contributed by atoms with Crippen molar-refractivity contribution in [2.45, 2.75) is 18.6 Å². The van der Waals surface area contributed by atoms with Gasteiger partial charge in [-0.3, -0.25) is 14.2 Å². The van der Waals surface area contributed by atoms with Gasteiger partial charge in [-0.2, -0.15) is 0 Å². The van der Waals surface area contributed by atoms with Gasteiger partial charge in [-0.25, -0.2) is 0 Å². The molecule has 1 aromatic heterocycles. The number of hydrogen-bond donors (Lipinski definition) is 1. The first-order chi connectivity index (χ1) is 8.04. The fourth-order valence-corrected chi connectivity index (χ4v) is 1.67. The highest BCUT2D eigenvalue weighted by Gasteiger charge is 2.12. The molecule has 0 saturated carbocycles. The van der Waals surface area contributed by atoms with Crippen LogP contribution >= 0.6 is 11.8 Å². The molecule has 0 atom stereocenters. The Balaban J connectivity index is 2.62. The number of hydrogen-bond acceptors (Lipinski definition) is 5. The molecular weight excluding hydrogens is 244 g/mol. The SMILES string of the molecule is CCN(C)C(=O)Cn1cnnc1SCC(=O)O. The molecule has 0 spiro atoms. The zero-order chi connectivity index (χ0) is 12.8. The molecule has 17 heavy (non-hydrogen) atoms. The number of carboxylic acids is 1. The first kappa shape index (κ1) is 13.5. The van der Waals surface area contributed by atoms with Crippen LogP contribution in [0.4, 0.5) is 0 Å². The molecule has 1 heterocycles. The molecule has 0 saturated heterocycles. The average molecular weight is 258 g/mol. The summed E-state index contributed by atoms with van der Waals surface area (Å²) in [6.45, 7) is 2.63. The fourth-order valence-electron chi connectivity index (χ4n) is 1.03. The second kappa shape index (κ2) is 6.24. The Morgan fingerprint density at radius 2 is 2.29 bits per heavy atom. The van der Waals surface area contributed by atoms with Crippen molar-refractivity contribution in [3.05, 3.63) is 6.33 Å². The van der Waals surface area contributed by atoms with E-state index in [2.05, 4.69) is 10.2 Å². The largest absolute Gasteiger partial charge is 0.481 e. The monoisotopic (exact) mass is 258 g/mol. The molecule has 0 fully saturated rings. The third kappa shape index (κ3) is 4.06. The average Bonchev–Trinajstić information content (AvgIpc) is 2.72. The maximum atomic E-state index is 11.7. The Bertz CT molecular complexity index is 407. The van der Waals surface area contributed by atoms with E-state index in [0.29, 0.717) is 11.7 Å². The maximum Gasteiger partial charge on any atom is 0.313 e.